The first-order valence-electron chi connectivity index (χ1n) is 12.1. The normalized spacial score (nSPS) is 13.7. The maximum Gasteiger partial charge on any atom is 1.00 e. The van der Waals surface area contributed by atoms with E-state index < -0.39 is 24.0 Å². The third kappa shape index (κ3) is 15.4. The minimum atomic E-state index is -0.991. The number of carboxylic acids is 2. The van der Waals surface area contributed by atoms with Gasteiger partial charge in [-0.3, -0.25) is 14.1 Å². The third-order valence-corrected chi connectivity index (χ3v) is 6.82. The van der Waals surface area contributed by atoms with E-state index >= 15 is 0 Å². The van der Waals surface area contributed by atoms with Crippen molar-refractivity contribution < 1.29 is 74.2 Å². The number of halogens is 6. The summed E-state index contributed by atoms with van der Waals surface area (Å²) in [6.45, 7) is 4.68. The van der Waals surface area contributed by atoms with Crippen molar-refractivity contribution in [1.82, 2.24) is 4.48 Å². The Balaban J connectivity index is -0.000000642. The van der Waals surface area contributed by atoms with Crippen LogP contribution in [0, 0.1) is 0 Å². The minimum absolute atomic E-state index is 0. The van der Waals surface area contributed by atoms with Crippen LogP contribution >= 0.6 is 47.2 Å². The SMILES string of the molecule is Cl.N[C@@H](Cc1ccc(N(CCCl)CCCl)cc1)C(=O)O.N[C@@H](Cc1ccc([N+]2(CCCl)CC2)cc1)C(=O)O.[Cl-].[Cl-].[Na+]. The molecule has 2 atom stereocenters. The zero-order chi connectivity index (χ0) is 27.4. The van der Waals surface area contributed by atoms with Crippen LogP contribution in [0.4, 0.5) is 11.4 Å². The monoisotopic (exact) mass is 702 g/mol. The number of hydrogen-bond donors (Lipinski definition) is 4. The van der Waals surface area contributed by atoms with Crippen LogP contribution in [0.25, 0.3) is 0 Å². The van der Waals surface area contributed by atoms with Crippen molar-refractivity contribution in [2.75, 3.05) is 55.3 Å². The summed E-state index contributed by atoms with van der Waals surface area (Å²) < 4.78 is 0.953. The number of rotatable bonds is 14. The number of anilines is 1. The Morgan fingerprint density at radius 2 is 1.17 bits per heavy atom. The molecule has 0 spiro atoms. The van der Waals surface area contributed by atoms with E-state index in [1.807, 2.05) is 36.4 Å². The number of carboxylic acid groups (broad SMARTS) is 2. The Bertz CT molecular complexity index is 998. The first-order chi connectivity index (χ1) is 17.7. The van der Waals surface area contributed by atoms with Crippen LogP contribution < -0.4 is 75.2 Å². The summed E-state index contributed by atoms with van der Waals surface area (Å²) in [6, 6.07) is 14.0. The van der Waals surface area contributed by atoms with Gasteiger partial charge >= 0.3 is 41.5 Å². The summed E-state index contributed by atoms with van der Waals surface area (Å²) in [6.07, 6.45) is 0.686. The van der Waals surface area contributed by atoms with Gasteiger partial charge in [0.2, 0.25) is 0 Å². The maximum absolute atomic E-state index is 10.7. The molecule has 0 aromatic heterocycles. The van der Waals surface area contributed by atoms with E-state index in [9.17, 15) is 9.59 Å². The number of alkyl halides is 3. The molecule has 0 aliphatic carbocycles. The van der Waals surface area contributed by atoms with Gasteiger partial charge in [-0.2, -0.15) is 0 Å². The molecule has 1 heterocycles. The van der Waals surface area contributed by atoms with Gasteiger partial charge in [-0.05, 0) is 48.2 Å². The molecule has 1 fully saturated rings. The zero-order valence-electron chi connectivity index (χ0n) is 22.9. The summed E-state index contributed by atoms with van der Waals surface area (Å²) in [5.74, 6) is -0.234. The molecule has 6 N–H and O–H groups in total. The van der Waals surface area contributed by atoms with E-state index in [2.05, 4.69) is 17.0 Å². The summed E-state index contributed by atoms with van der Waals surface area (Å²) in [5.41, 5.74) is 15.1. The Morgan fingerprint density at radius 3 is 1.49 bits per heavy atom. The molecule has 15 heteroatoms. The number of hydrogen-bond acceptors (Lipinski definition) is 5. The fourth-order valence-corrected chi connectivity index (χ4v) is 4.67. The van der Waals surface area contributed by atoms with Gasteiger partial charge in [-0.1, -0.05) is 24.3 Å². The summed E-state index contributed by atoms with van der Waals surface area (Å²) in [5, 5.41) is 17.5. The molecule has 1 saturated heterocycles. The van der Waals surface area contributed by atoms with Crippen molar-refractivity contribution in [1.29, 1.82) is 0 Å². The molecular weight excluding hydrogens is 668 g/mol. The van der Waals surface area contributed by atoms with E-state index in [0.717, 1.165) is 54.0 Å². The van der Waals surface area contributed by atoms with E-state index in [1.54, 1.807) is 0 Å². The summed E-state index contributed by atoms with van der Waals surface area (Å²) in [7, 11) is 0. The van der Waals surface area contributed by atoms with Gasteiger partial charge in [-0.25, -0.2) is 0 Å². The molecule has 0 saturated carbocycles. The molecule has 228 valence electrons. The first kappa shape index (κ1) is 45.2. The van der Waals surface area contributed by atoms with Gasteiger partial charge in [-0.15, -0.1) is 47.2 Å². The zero-order valence-corrected chi connectivity index (χ0v) is 29.5. The van der Waals surface area contributed by atoms with Gasteiger partial charge in [0.25, 0.3) is 0 Å². The van der Waals surface area contributed by atoms with Gasteiger partial charge in [0, 0.05) is 30.5 Å². The van der Waals surface area contributed by atoms with E-state index in [1.165, 1.54) is 5.69 Å². The standard InChI is InChI=1S/C13H18Cl2N2O2.C13H17ClN2O2.3ClH.Na/c14-5-7-17(8-6-15)11-3-1-10(2-4-11)9-12(16)13(18)19;14-5-6-16(7-8-16)11-3-1-10(2-4-11)9-12(15)13(17)18;;;;/h1-4,12H,5-9,16H2,(H,18,19);1-4,12H,5-9,15H2;3*1H;/q;;;;;+1/p-1/t2*12-;;;;/m00..../s1. The predicted molar refractivity (Wildman–Crippen MR) is 160 cm³/mol. The van der Waals surface area contributed by atoms with Crippen molar-refractivity contribution in [2.24, 2.45) is 11.5 Å². The molecule has 0 bridgehead atoms. The second-order valence-corrected chi connectivity index (χ2v) is 10.1. The predicted octanol–water partition coefficient (Wildman–Crippen LogP) is -5.44. The van der Waals surface area contributed by atoms with Crippen LogP contribution in [0.2, 0.25) is 0 Å². The molecule has 41 heavy (non-hydrogen) atoms. The molecule has 1 aliphatic rings. The quantitative estimate of drug-likeness (QED) is 0.0669. The number of aliphatic carboxylic acids is 2. The average Bonchev–Trinajstić information content (AvgIpc) is 3.66. The summed E-state index contributed by atoms with van der Waals surface area (Å²) >= 11 is 17.3. The number of quaternary nitrogens is 1. The van der Waals surface area contributed by atoms with Crippen molar-refractivity contribution in [2.45, 2.75) is 24.9 Å². The van der Waals surface area contributed by atoms with Gasteiger partial charge in [0.05, 0.1) is 12.4 Å². The fraction of sp³-hybridized carbons (Fsp3) is 0.462. The molecule has 0 amide bonds. The van der Waals surface area contributed by atoms with Crippen molar-refractivity contribution in [3.8, 4) is 0 Å². The van der Waals surface area contributed by atoms with Crippen LogP contribution in [0.15, 0.2) is 48.5 Å². The van der Waals surface area contributed by atoms with Gasteiger partial charge in [0.1, 0.15) is 30.9 Å². The fourth-order valence-electron chi connectivity index (χ4n) is 3.94. The number of nitrogens with two attached hydrogens (primary N) is 2. The Kier molecular flexibility index (Phi) is 25.6. The van der Waals surface area contributed by atoms with Crippen LogP contribution in [0.3, 0.4) is 0 Å². The Hall–Kier alpha value is -0.200. The van der Waals surface area contributed by atoms with Crippen LogP contribution in [0.1, 0.15) is 11.1 Å². The van der Waals surface area contributed by atoms with Gasteiger partial charge < -0.3 is 51.4 Å². The maximum atomic E-state index is 10.7. The smallest absolute Gasteiger partial charge is 1.00 e. The van der Waals surface area contributed by atoms with Crippen molar-refractivity contribution in [3.63, 3.8) is 0 Å². The van der Waals surface area contributed by atoms with Crippen LogP contribution in [0.5, 0.6) is 0 Å². The molecule has 2 aromatic carbocycles. The summed E-state index contributed by atoms with van der Waals surface area (Å²) in [4.78, 5) is 23.5. The molecule has 8 nitrogen and oxygen atoms in total. The van der Waals surface area contributed by atoms with Crippen molar-refractivity contribution in [3.05, 3.63) is 59.7 Å². The third-order valence-electron chi connectivity index (χ3n) is 6.32. The Morgan fingerprint density at radius 1 is 0.780 bits per heavy atom. The van der Waals surface area contributed by atoms with Gasteiger partial charge in [0.15, 0.2) is 0 Å². The average molecular weight is 705 g/mol. The van der Waals surface area contributed by atoms with E-state index in [4.69, 9.17) is 56.5 Å². The van der Waals surface area contributed by atoms with Crippen LogP contribution in [-0.4, -0.2) is 84.6 Å². The van der Waals surface area contributed by atoms with E-state index in [0.29, 0.717) is 30.5 Å². The number of benzene rings is 2. The molecule has 2 aromatic rings. The molecule has 0 unspecified atom stereocenters. The van der Waals surface area contributed by atoms with Crippen LogP contribution in [-0.2, 0) is 22.4 Å². The number of nitrogens with zero attached hydrogens (tertiary/aromatic N) is 2. The minimum Gasteiger partial charge on any atom is -1.00 e. The van der Waals surface area contributed by atoms with Crippen molar-refractivity contribution >= 4 is 70.5 Å². The molecule has 3 rings (SSSR count). The van der Waals surface area contributed by atoms with E-state index in [-0.39, 0.29) is 66.8 Å². The second-order valence-electron chi connectivity index (χ2n) is 9.00. The largest absolute Gasteiger partial charge is 1.00 e. The first-order valence-corrected chi connectivity index (χ1v) is 13.7. The topological polar surface area (TPSA) is 130 Å². The molecule has 1 aliphatic heterocycles. The second kappa shape index (κ2) is 23.2. The Labute approximate surface area is 298 Å². The molecule has 0 radical (unpaired) electrons. The molecular formula is C26H37Cl6N4NaO4. The number of carbonyl (C=O) groups is 2.